The van der Waals surface area contributed by atoms with Crippen molar-refractivity contribution in [2.45, 2.75) is 13.3 Å². The SMILES string of the molecule is Cc1ccc(F)c(NC(=O)Cc2cccc3cccnc23)c1. The molecule has 0 spiro atoms. The van der Waals surface area contributed by atoms with Crippen LogP contribution in [0, 0.1) is 12.7 Å². The summed E-state index contributed by atoms with van der Waals surface area (Å²) in [5.41, 5.74) is 2.72. The first kappa shape index (κ1) is 14.2. The van der Waals surface area contributed by atoms with Gasteiger partial charge in [-0.05, 0) is 36.2 Å². The van der Waals surface area contributed by atoms with Gasteiger partial charge in [0.15, 0.2) is 0 Å². The Balaban J connectivity index is 1.83. The molecule has 0 atom stereocenters. The van der Waals surface area contributed by atoms with Crippen LogP contribution in [-0.4, -0.2) is 10.9 Å². The van der Waals surface area contributed by atoms with Crippen LogP contribution in [0.2, 0.25) is 0 Å². The summed E-state index contributed by atoms with van der Waals surface area (Å²) in [7, 11) is 0. The van der Waals surface area contributed by atoms with Crippen molar-refractivity contribution in [2.75, 3.05) is 5.32 Å². The predicted octanol–water partition coefficient (Wildman–Crippen LogP) is 3.86. The lowest BCUT2D eigenvalue weighted by Gasteiger charge is -2.09. The molecular weight excluding hydrogens is 279 g/mol. The van der Waals surface area contributed by atoms with Crippen molar-refractivity contribution >= 4 is 22.5 Å². The van der Waals surface area contributed by atoms with Crippen molar-refractivity contribution in [1.29, 1.82) is 0 Å². The highest BCUT2D eigenvalue weighted by atomic mass is 19.1. The number of para-hydroxylation sites is 1. The summed E-state index contributed by atoms with van der Waals surface area (Å²) in [6, 6.07) is 14.1. The zero-order valence-electron chi connectivity index (χ0n) is 12.1. The zero-order valence-corrected chi connectivity index (χ0v) is 12.1. The summed E-state index contributed by atoms with van der Waals surface area (Å²) in [4.78, 5) is 16.5. The molecule has 0 fully saturated rings. The number of nitrogens with one attached hydrogen (secondary N) is 1. The van der Waals surface area contributed by atoms with E-state index in [4.69, 9.17) is 0 Å². The van der Waals surface area contributed by atoms with E-state index in [9.17, 15) is 9.18 Å². The van der Waals surface area contributed by atoms with Crippen LogP contribution in [0.3, 0.4) is 0 Å². The minimum Gasteiger partial charge on any atom is -0.323 e. The van der Waals surface area contributed by atoms with E-state index in [1.165, 1.54) is 6.07 Å². The minimum atomic E-state index is -0.435. The van der Waals surface area contributed by atoms with Crippen molar-refractivity contribution < 1.29 is 9.18 Å². The van der Waals surface area contributed by atoms with E-state index in [2.05, 4.69) is 10.3 Å². The van der Waals surface area contributed by atoms with Crippen LogP contribution in [0.1, 0.15) is 11.1 Å². The average molecular weight is 294 g/mol. The molecule has 1 heterocycles. The molecule has 0 aliphatic carbocycles. The van der Waals surface area contributed by atoms with Gasteiger partial charge in [-0.15, -0.1) is 0 Å². The maximum absolute atomic E-state index is 13.7. The topological polar surface area (TPSA) is 42.0 Å². The number of fused-ring (bicyclic) bond motifs is 1. The second-order valence-corrected chi connectivity index (χ2v) is 5.20. The first-order chi connectivity index (χ1) is 10.6. The number of nitrogens with zero attached hydrogens (tertiary/aromatic N) is 1. The Kier molecular flexibility index (Phi) is 3.83. The van der Waals surface area contributed by atoms with Crippen LogP contribution in [0.4, 0.5) is 10.1 Å². The molecule has 0 unspecified atom stereocenters. The van der Waals surface area contributed by atoms with Crippen LogP contribution in [-0.2, 0) is 11.2 Å². The molecular formula is C18H15FN2O. The van der Waals surface area contributed by atoms with Gasteiger partial charge in [-0.25, -0.2) is 4.39 Å². The maximum Gasteiger partial charge on any atom is 0.228 e. The molecule has 1 amide bonds. The molecule has 0 aliphatic heterocycles. The van der Waals surface area contributed by atoms with Gasteiger partial charge in [-0.2, -0.15) is 0 Å². The number of carbonyl (C=O) groups is 1. The fourth-order valence-corrected chi connectivity index (χ4v) is 2.41. The summed E-state index contributed by atoms with van der Waals surface area (Å²) in [5.74, 6) is -0.697. The smallest absolute Gasteiger partial charge is 0.228 e. The minimum absolute atomic E-state index is 0.154. The Morgan fingerprint density at radius 3 is 2.86 bits per heavy atom. The molecule has 0 bridgehead atoms. The largest absolute Gasteiger partial charge is 0.323 e. The van der Waals surface area contributed by atoms with Gasteiger partial charge in [0.05, 0.1) is 17.6 Å². The number of pyridine rings is 1. The van der Waals surface area contributed by atoms with Gasteiger partial charge in [0, 0.05) is 11.6 Å². The number of aromatic nitrogens is 1. The van der Waals surface area contributed by atoms with Crippen molar-refractivity contribution in [2.24, 2.45) is 0 Å². The second-order valence-electron chi connectivity index (χ2n) is 5.20. The summed E-state index contributed by atoms with van der Waals surface area (Å²) < 4.78 is 13.7. The molecule has 22 heavy (non-hydrogen) atoms. The zero-order chi connectivity index (χ0) is 15.5. The number of halogens is 1. The Hall–Kier alpha value is -2.75. The third-order valence-electron chi connectivity index (χ3n) is 3.46. The fourth-order valence-electron chi connectivity index (χ4n) is 2.41. The first-order valence-electron chi connectivity index (χ1n) is 7.02. The van der Waals surface area contributed by atoms with Gasteiger partial charge in [0.1, 0.15) is 5.82 Å². The summed E-state index contributed by atoms with van der Waals surface area (Å²) in [6.07, 6.45) is 1.85. The van der Waals surface area contributed by atoms with Crippen molar-refractivity contribution in [3.05, 3.63) is 71.7 Å². The third kappa shape index (κ3) is 2.96. The Labute approximate surface area is 127 Å². The maximum atomic E-state index is 13.7. The average Bonchev–Trinajstić information content (AvgIpc) is 2.51. The molecule has 0 aliphatic rings. The molecule has 1 N–H and O–H groups in total. The molecule has 0 saturated heterocycles. The van der Waals surface area contributed by atoms with Crippen molar-refractivity contribution in [1.82, 2.24) is 4.98 Å². The Morgan fingerprint density at radius 1 is 1.18 bits per heavy atom. The van der Waals surface area contributed by atoms with Crippen LogP contribution < -0.4 is 5.32 Å². The number of anilines is 1. The van der Waals surface area contributed by atoms with Crippen molar-refractivity contribution in [3.63, 3.8) is 0 Å². The van der Waals surface area contributed by atoms with E-state index in [1.54, 1.807) is 18.3 Å². The predicted molar refractivity (Wildman–Crippen MR) is 85.2 cm³/mol. The highest BCUT2D eigenvalue weighted by molar-refractivity contribution is 5.95. The molecule has 3 rings (SSSR count). The molecule has 2 aromatic carbocycles. The van der Waals surface area contributed by atoms with E-state index in [0.29, 0.717) is 0 Å². The lowest BCUT2D eigenvalue weighted by molar-refractivity contribution is -0.115. The molecule has 4 heteroatoms. The van der Waals surface area contributed by atoms with Gasteiger partial charge >= 0.3 is 0 Å². The van der Waals surface area contributed by atoms with E-state index in [0.717, 1.165) is 22.0 Å². The molecule has 1 aromatic heterocycles. The van der Waals surface area contributed by atoms with E-state index < -0.39 is 5.82 Å². The van der Waals surface area contributed by atoms with Crippen LogP contribution in [0.15, 0.2) is 54.7 Å². The number of aryl methyl sites for hydroxylation is 1. The van der Waals surface area contributed by atoms with E-state index >= 15 is 0 Å². The van der Waals surface area contributed by atoms with Gasteiger partial charge in [0.2, 0.25) is 5.91 Å². The Morgan fingerprint density at radius 2 is 2.00 bits per heavy atom. The third-order valence-corrected chi connectivity index (χ3v) is 3.46. The lowest BCUT2D eigenvalue weighted by Crippen LogP contribution is -2.15. The van der Waals surface area contributed by atoms with Crippen molar-refractivity contribution in [3.8, 4) is 0 Å². The van der Waals surface area contributed by atoms with Crippen LogP contribution in [0.5, 0.6) is 0 Å². The number of hydrogen-bond donors (Lipinski definition) is 1. The van der Waals surface area contributed by atoms with Gasteiger partial charge < -0.3 is 5.32 Å². The van der Waals surface area contributed by atoms with E-state index in [1.807, 2.05) is 37.3 Å². The van der Waals surface area contributed by atoms with Crippen LogP contribution >= 0.6 is 0 Å². The van der Waals surface area contributed by atoms with Gasteiger partial charge in [-0.1, -0.05) is 30.3 Å². The Bertz CT molecular complexity index is 840. The molecule has 0 saturated carbocycles. The number of amides is 1. The number of carbonyl (C=O) groups excluding carboxylic acids is 1. The standard InChI is InChI=1S/C18H15FN2O/c1-12-7-8-15(19)16(10-12)21-17(22)11-14-5-2-4-13-6-3-9-20-18(13)14/h2-10H,11H2,1H3,(H,21,22). The second kappa shape index (κ2) is 5.93. The molecule has 0 radical (unpaired) electrons. The number of rotatable bonds is 3. The first-order valence-corrected chi connectivity index (χ1v) is 7.02. The highest BCUT2D eigenvalue weighted by Gasteiger charge is 2.10. The monoisotopic (exact) mass is 294 g/mol. The summed E-state index contributed by atoms with van der Waals surface area (Å²) >= 11 is 0. The summed E-state index contributed by atoms with van der Waals surface area (Å²) in [6.45, 7) is 1.85. The lowest BCUT2D eigenvalue weighted by atomic mass is 10.1. The normalized spacial score (nSPS) is 10.6. The fraction of sp³-hybridized carbons (Fsp3) is 0.111. The van der Waals surface area contributed by atoms with Gasteiger partial charge in [0.25, 0.3) is 0 Å². The molecule has 3 aromatic rings. The van der Waals surface area contributed by atoms with Gasteiger partial charge in [-0.3, -0.25) is 9.78 Å². The molecule has 3 nitrogen and oxygen atoms in total. The number of benzene rings is 2. The highest BCUT2D eigenvalue weighted by Crippen LogP contribution is 2.19. The summed E-state index contributed by atoms with van der Waals surface area (Å²) in [5, 5.41) is 3.60. The molecule has 110 valence electrons. The van der Waals surface area contributed by atoms with Crippen LogP contribution in [0.25, 0.3) is 10.9 Å². The quantitative estimate of drug-likeness (QED) is 0.797. The number of hydrogen-bond acceptors (Lipinski definition) is 2. The van der Waals surface area contributed by atoms with E-state index in [-0.39, 0.29) is 18.0 Å².